The molecule has 0 fully saturated rings. The first-order chi connectivity index (χ1) is 14.0. The van der Waals surface area contributed by atoms with Crippen molar-refractivity contribution in [1.29, 1.82) is 0 Å². The van der Waals surface area contributed by atoms with Gasteiger partial charge in [0.2, 0.25) is 5.91 Å². The van der Waals surface area contributed by atoms with Gasteiger partial charge in [0.1, 0.15) is 6.04 Å². The normalized spacial score (nSPS) is 11.5. The van der Waals surface area contributed by atoms with Crippen LogP contribution in [-0.2, 0) is 14.4 Å². The van der Waals surface area contributed by atoms with Crippen LogP contribution >= 0.6 is 0 Å². The number of unbranched alkanes of at least 4 members (excludes halogenated alkanes) is 14. The van der Waals surface area contributed by atoms with Crippen LogP contribution in [0.4, 0.5) is 0 Å². The van der Waals surface area contributed by atoms with E-state index in [9.17, 15) is 14.4 Å². The fourth-order valence-corrected chi connectivity index (χ4v) is 3.45. The number of aliphatic carboxylic acids is 2. The Kier molecular flexibility index (Phi) is 24.3. The quantitative estimate of drug-likeness (QED) is 0.189. The van der Waals surface area contributed by atoms with E-state index in [-0.39, 0.29) is 49.7 Å². The number of rotatable bonds is 21. The Hall–Kier alpha value is -0.590. The summed E-state index contributed by atoms with van der Waals surface area (Å²) < 4.78 is 0. The van der Waals surface area contributed by atoms with E-state index in [1.165, 1.54) is 77.0 Å². The Morgan fingerprint density at radius 1 is 0.700 bits per heavy atom. The first kappa shape index (κ1) is 31.6. The molecule has 1 unspecified atom stereocenters. The summed E-state index contributed by atoms with van der Waals surface area (Å²) in [6.07, 6.45) is 18.8. The van der Waals surface area contributed by atoms with Crippen LogP contribution in [-0.4, -0.2) is 34.1 Å². The van der Waals surface area contributed by atoms with E-state index < -0.39 is 18.0 Å². The zero-order valence-electron chi connectivity index (χ0n) is 20.4. The van der Waals surface area contributed by atoms with Gasteiger partial charge in [-0.15, -0.1) is 0 Å². The molecule has 0 aliphatic heterocycles. The molecule has 172 valence electrons. The van der Waals surface area contributed by atoms with E-state index in [0.29, 0.717) is 6.42 Å². The summed E-state index contributed by atoms with van der Waals surface area (Å²) in [4.78, 5) is 33.4. The number of nitrogens with one attached hydrogen (secondary N) is 1. The van der Waals surface area contributed by atoms with Gasteiger partial charge in [0.15, 0.2) is 0 Å². The van der Waals surface area contributed by atoms with Crippen LogP contribution in [0.5, 0.6) is 0 Å². The Bertz CT molecular complexity index is 452. The Balaban J connectivity index is -0.00000392. The monoisotopic (exact) mass is 437 g/mol. The van der Waals surface area contributed by atoms with Gasteiger partial charge in [-0.25, -0.2) is 4.79 Å². The van der Waals surface area contributed by atoms with Crippen LogP contribution in [0.3, 0.4) is 0 Å². The van der Waals surface area contributed by atoms with Crippen molar-refractivity contribution in [3.05, 3.63) is 0 Å². The maximum Gasteiger partial charge on any atom is 1.00 e. The van der Waals surface area contributed by atoms with E-state index in [4.69, 9.17) is 10.2 Å². The number of carbonyl (C=O) groups is 3. The molecular weight excluding hydrogens is 393 g/mol. The molecule has 1 amide bonds. The van der Waals surface area contributed by atoms with Crippen molar-refractivity contribution in [3.8, 4) is 0 Å². The molecule has 0 saturated carbocycles. The number of carbonyl (C=O) groups excluding carboxylic acids is 1. The van der Waals surface area contributed by atoms with Crippen molar-refractivity contribution in [2.75, 3.05) is 0 Å². The van der Waals surface area contributed by atoms with Crippen LogP contribution in [0, 0.1) is 0 Å². The van der Waals surface area contributed by atoms with E-state index in [1.54, 1.807) is 0 Å². The van der Waals surface area contributed by atoms with Gasteiger partial charge in [-0.2, -0.15) is 0 Å². The summed E-state index contributed by atoms with van der Waals surface area (Å²) in [5.41, 5.74) is 0. The van der Waals surface area contributed by atoms with E-state index in [1.807, 2.05) is 0 Å². The molecule has 0 radical (unpaired) electrons. The van der Waals surface area contributed by atoms with Gasteiger partial charge in [0, 0.05) is 12.8 Å². The predicted octanol–water partition coefficient (Wildman–Crippen LogP) is 2.80. The van der Waals surface area contributed by atoms with Gasteiger partial charge in [0.25, 0.3) is 0 Å². The Morgan fingerprint density at radius 2 is 1.10 bits per heavy atom. The van der Waals surface area contributed by atoms with Crippen molar-refractivity contribution in [2.24, 2.45) is 0 Å². The predicted molar refractivity (Wildman–Crippen MR) is 117 cm³/mol. The summed E-state index contributed by atoms with van der Waals surface area (Å²) in [5.74, 6) is -2.55. The molecule has 6 nitrogen and oxygen atoms in total. The number of amides is 1. The van der Waals surface area contributed by atoms with Crippen molar-refractivity contribution in [2.45, 2.75) is 129 Å². The smallest absolute Gasteiger partial charge is 1.00 e. The molecule has 0 aromatic heterocycles. The molecule has 0 saturated heterocycles. The van der Waals surface area contributed by atoms with Gasteiger partial charge in [-0.1, -0.05) is 96.8 Å². The maximum atomic E-state index is 11.8. The molecule has 0 bridgehead atoms. The van der Waals surface area contributed by atoms with E-state index >= 15 is 0 Å². The zero-order chi connectivity index (χ0) is 21.7. The zero-order valence-corrected chi connectivity index (χ0v) is 21.4. The molecule has 30 heavy (non-hydrogen) atoms. The van der Waals surface area contributed by atoms with Gasteiger partial charge < -0.3 is 17.0 Å². The summed E-state index contributed by atoms with van der Waals surface area (Å²) >= 11 is 0. The van der Waals surface area contributed by atoms with Gasteiger partial charge in [0.05, 0.1) is 0 Å². The largest absolute Gasteiger partial charge is 1.00 e. The number of carboxylic acid groups (broad SMARTS) is 2. The first-order valence-electron chi connectivity index (χ1n) is 11.7. The molecule has 3 N–H and O–H groups in total. The number of hydrogen-bond acceptors (Lipinski definition) is 3. The molecular formula is C23H44NNaO5. The topological polar surface area (TPSA) is 104 Å². The van der Waals surface area contributed by atoms with Crippen molar-refractivity contribution in [3.63, 3.8) is 0 Å². The van der Waals surface area contributed by atoms with Crippen LogP contribution < -0.4 is 34.9 Å². The second kappa shape index (κ2) is 23.1. The van der Waals surface area contributed by atoms with Gasteiger partial charge in [-0.3, -0.25) is 9.59 Å². The summed E-state index contributed by atoms with van der Waals surface area (Å²) in [5, 5.41) is 20.1. The SMILES string of the molecule is CCCCCCCCCCCCCCCCCC(=O)NC(CCC(=O)O)C(=O)O.[H-].[Na+]. The minimum Gasteiger partial charge on any atom is -1.00 e. The molecule has 0 aromatic rings. The molecule has 0 spiro atoms. The van der Waals surface area contributed by atoms with Crippen LogP contribution in [0.15, 0.2) is 0 Å². The molecule has 0 heterocycles. The van der Waals surface area contributed by atoms with E-state index in [0.717, 1.165) is 19.3 Å². The van der Waals surface area contributed by atoms with Crippen LogP contribution in [0.1, 0.15) is 124 Å². The van der Waals surface area contributed by atoms with E-state index in [2.05, 4.69) is 12.2 Å². The molecule has 0 aliphatic rings. The van der Waals surface area contributed by atoms with Crippen molar-refractivity contribution < 1.29 is 55.6 Å². The molecule has 0 aromatic carbocycles. The summed E-state index contributed by atoms with van der Waals surface area (Å²) in [7, 11) is 0. The molecule has 0 rings (SSSR count). The van der Waals surface area contributed by atoms with Crippen LogP contribution in [0.25, 0.3) is 0 Å². The standard InChI is InChI=1S/C23H43NO5.Na.H/c1-2-3-4-5-6-7-8-9-10-11-12-13-14-15-16-17-21(25)24-20(23(28)29)18-19-22(26)27;;/h20H,2-19H2,1H3,(H,24,25)(H,26,27)(H,28,29);;/q;+1;-1. The average Bonchev–Trinajstić information content (AvgIpc) is 2.67. The third kappa shape index (κ3) is 22.1. The summed E-state index contributed by atoms with van der Waals surface area (Å²) in [6.45, 7) is 2.25. The molecule has 1 atom stereocenters. The number of carboxylic acids is 2. The second-order valence-electron chi connectivity index (χ2n) is 8.09. The van der Waals surface area contributed by atoms with Crippen molar-refractivity contribution >= 4 is 17.8 Å². The average molecular weight is 438 g/mol. The second-order valence-corrected chi connectivity index (χ2v) is 8.09. The fourth-order valence-electron chi connectivity index (χ4n) is 3.45. The fraction of sp³-hybridized carbons (Fsp3) is 0.870. The Labute approximate surface area is 206 Å². The Morgan fingerprint density at radius 3 is 1.47 bits per heavy atom. The van der Waals surface area contributed by atoms with Gasteiger partial charge >= 0.3 is 41.5 Å². The maximum absolute atomic E-state index is 11.8. The third-order valence-corrected chi connectivity index (χ3v) is 5.29. The number of hydrogen-bond donors (Lipinski definition) is 3. The minimum absolute atomic E-state index is 0. The molecule has 0 aliphatic carbocycles. The minimum atomic E-state index is -1.18. The third-order valence-electron chi connectivity index (χ3n) is 5.29. The van der Waals surface area contributed by atoms with Gasteiger partial charge in [-0.05, 0) is 12.8 Å². The van der Waals surface area contributed by atoms with Crippen LogP contribution in [0.2, 0.25) is 0 Å². The van der Waals surface area contributed by atoms with Crippen molar-refractivity contribution in [1.82, 2.24) is 5.32 Å². The summed E-state index contributed by atoms with van der Waals surface area (Å²) in [6, 6.07) is -1.12. The first-order valence-corrected chi connectivity index (χ1v) is 11.7. The molecule has 7 heteroatoms.